The van der Waals surface area contributed by atoms with Crippen molar-refractivity contribution < 1.29 is 0 Å². The Morgan fingerprint density at radius 1 is 0.800 bits per heavy atom. The van der Waals surface area contributed by atoms with Crippen LogP contribution in [0.4, 0.5) is 23.0 Å². The number of piperazine rings is 1. The molecule has 6 heteroatoms. The quantitative estimate of drug-likeness (QED) is 0.388. The fourth-order valence-corrected chi connectivity index (χ4v) is 4.78. The average Bonchev–Trinajstić information content (AvgIpc) is 2.92. The van der Waals surface area contributed by atoms with Gasteiger partial charge in [0.15, 0.2) is 11.6 Å². The van der Waals surface area contributed by atoms with Crippen molar-refractivity contribution in [1.82, 2.24) is 14.9 Å². The highest BCUT2D eigenvalue weighted by molar-refractivity contribution is 5.78. The number of hydrogen-bond acceptors (Lipinski definition) is 6. The van der Waals surface area contributed by atoms with E-state index in [1.807, 2.05) is 0 Å². The molecule has 35 heavy (non-hydrogen) atoms. The fourth-order valence-electron chi connectivity index (χ4n) is 4.78. The van der Waals surface area contributed by atoms with Crippen LogP contribution in [0.5, 0.6) is 0 Å². The zero-order chi connectivity index (χ0) is 24.0. The van der Waals surface area contributed by atoms with Crippen molar-refractivity contribution in [3.63, 3.8) is 0 Å². The lowest BCUT2D eigenvalue weighted by Crippen LogP contribution is -2.48. The Hall–Kier alpha value is -3.90. The molecule has 0 atom stereocenters. The number of aromatic nitrogens is 2. The Kier molecular flexibility index (Phi) is 6.91. The minimum atomic E-state index is 0.227. The number of nitrogens with two attached hydrogens (primary N) is 1. The highest BCUT2D eigenvalue weighted by Gasteiger charge is 2.28. The molecule has 0 spiro atoms. The Morgan fingerprint density at radius 2 is 1.40 bits per heavy atom. The summed E-state index contributed by atoms with van der Waals surface area (Å²) in [6.45, 7) is 5.68. The Morgan fingerprint density at radius 3 is 1.97 bits per heavy atom. The Balaban J connectivity index is 1.32. The number of anilines is 4. The van der Waals surface area contributed by atoms with E-state index in [-0.39, 0.29) is 6.04 Å². The summed E-state index contributed by atoms with van der Waals surface area (Å²) in [6.07, 6.45) is 2.61. The second-order valence-corrected chi connectivity index (χ2v) is 8.88. The third-order valence-corrected chi connectivity index (χ3v) is 6.70. The lowest BCUT2D eigenvalue weighted by Gasteiger charge is -2.40. The van der Waals surface area contributed by atoms with Gasteiger partial charge in [-0.3, -0.25) is 4.90 Å². The van der Waals surface area contributed by atoms with E-state index in [9.17, 15) is 0 Å². The van der Waals surface area contributed by atoms with Crippen LogP contribution in [0.15, 0.2) is 91.3 Å². The predicted octanol–water partition coefficient (Wildman–Crippen LogP) is 5.28. The topological polar surface area (TPSA) is 70.3 Å². The fraction of sp³-hybridized carbons (Fsp3) is 0.241. The standard InChI is InChI=1S/C29H32N6/c1-2-22-13-15-25(16-14-22)33-28-26(30)29(32-21-31-28)35-19-17-34(18-20-35)27(23-9-5-3-6-10-23)24-11-7-4-8-12-24/h3-16,21,27H,2,17-20,30H2,1H3,(H,31,32,33). The number of nitrogen functional groups attached to an aromatic ring is 1. The van der Waals surface area contributed by atoms with Gasteiger partial charge < -0.3 is 16.0 Å². The Labute approximate surface area is 207 Å². The third kappa shape index (κ3) is 5.12. The summed E-state index contributed by atoms with van der Waals surface area (Å²) in [7, 11) is 0. The molecule has 1 saturated heterocycles. The summed E-state index contributed by atoms with van der Waals surface area (Å²) >= 11 is 0. The lowest BCUT2D eigenvalue weighted by molar-refractivity contribution is 0.212. The summed E-state index contributed by atoms with van der Waals surface area (Å²) in [5.41, 5.74) is 12.0. The maximum absolute atomic E-state index is 6.55. The molecule has 0 unspecified atom stereocenters. The van der Waals surface area contributed by atoms with E-state index in [4.69, 9.17) is 5.73 Å². The van der Waals surface area contributed by atoms with Gasteiger partial charge in [0.2, 0.25) is 0 Å². The molecule has 1 fully saturated rings. The third-order valence-electron chi connectivity index (χ3n) is 6.70. The van der Waals surface area contributed by atoms with Gasteiger partial charge in [-0.05, 0) is 35.2 Å². The van der Waals surface area contributed by atoms with Crippen LogP contribution < -0.4 is 16.0 Å². The van der Waals surface area contributed by atoms with Gasteiger partial charge in [-0.15, -0.1) is 0 Å². The average molecular weight is 465 g/mol. The van der Waals surface area contributed by atoms with E-state index < -0.39 is 0 Å². The van der Waals surface area contributed by atoms with Crippen molar-refractivity contribution in [2.24, 2.45) is 0 Å². The molecular formula is C29H32N6. The summed E-state index contributed by atoms with van der Waals surface area (Å²) in [5.74, 6) is 1.44. The van der Waals surface area contributed by atoms with Crippen LogP contribution in [-0.4, -0.2) is 41.0 Å². The van der Waals surface area contributed by atoms with Crippen molar-refractivity contribution in [2.45, 2.75) is 19.4 Å². The summed E-state index contributed by atoms with van der Waals surface area (Å²) in [4.78, 5) is 13.8. The molecule has 1 aliphatic rings. The second-order valence-electron chi connectivity index (χ2n) is 8.88. The molecule has 1 aromatic heterocycles. The molecule has 178 valence electrons. The zero-order valence-corrected chi connectivity index (χ0v) is 20.1. The Bertz CT molecular complexity index is 1180. The molecule has 0 radical (unpaired) electrons. The van der Waals surface area contributed by atoms with Crippen LogP contribution in [0.25, 0.3) is 0 Å². The van der Waals surface area contributed by atoms with Crippen LogP contribution in [0.1, 0.15) is 29.7 Å². The monoisotopic (exact) mass is 464 g/mol. The molecule has 0 saturated carbocycles. The molecule has 4 aromatic rings. The first-order chi connectivity index (χ1) is 17.2. The van der Waals surface area contributed by atoms with E-state index >= 15 is 0 Å². The van der Waals surface area contributed by atoms with Crippen LogP contribution in [-0.2, 0) is 6.42 Å². The van der Waals surface area contributed by atoms with Gasteiger partial charge in [0.05, 0.1) is 6.04 Å². The summed E-state index contributed by atoms with van der Waals surface area (Å²) < 4.78 is 0. The SMILES string of the molecule is CCc1ccc(Nc2ncnc(N3CCN(C(c4ccccc4)c4ccccc4)CC3)c2N)cc1. The molecule has 1 aliphatic heterocycles. The van der Waals surface area contributed by atoms with Crippen molar-refractivity contribution in [1.29, 1.82) is 0 Å². The lowest BCUT2D eigenvalue weighted by atomic mass is 9.96. The number of nitrogens with one attached hydrogen (secondary N) is 1. The molecule has 0 aliphatic carbocycles. The smallest absolute Gasteiger partial charge is 0.159 e. The van der Waals surface area contributed by atoms with Crippen LogP contribution in [0, 0.1) is 0 Å². The van der Waals surface area contributed by atoms with E-state index in [1.165, 1.54) is 16.7 Å². The number of nitrogens with zero attached hydrogens (tertiary/aromatic N) is 4. The largest absolute Gasteiger partial charge is 0.393 e. The van der Waals surface area contributed by atoms with Crippen LogP contribution in [0.2, 0.25) is 0 Å². The molecule has 2 heterocycles. The molecule has 0 bridgehead atoms. The first kappa shape index (κ1) is 22.9. The van der Waals surface area contributed by atoms with E-state index in [0.717, 1.165) is 44.1 Å². The minimum Gasteiger partial charge on any atom is -0.393 e. The van der Waals surface area contributed by atoms with Gasteiger partial charge in [0, 0.05) is 31.9 Å². The van der Waals surface area contributed by atoms with Crippen LogP contribution in [0.3, 0.4) is 0 Å². The van der Waals surface area contributed by atoms with Gasteiger partial charge in [-0.25, -0.2) is 9.97 Å². The molecule has 5 rings (SSSR count). The highest BCUT2D eigenvalue weighted by atomic mass is 15.3. The molecular weight excluding hydrogens is 432 g/mol. The molecule has 3 N–H and O–H groups in total. The zero-order valence-electron chi connectivity index (χ0n) is 20.1. The summed E-state index contributed by atoms with van der Waals surface area (Å²) in [5, 5.41) is 3.36. The highest BCUT2D eigenvalue weighted by Crippen LogP contribution is 2.33. The number of rotatable bonds is 7. The van der Waals surface area contributed by atoms with Crippen molar-refractivity contribution in [3.8, 4) is 0 Å². The minimum absolute atomic E-state index is 0.227. The maximum Gasteiger partial charge on any atom is 0.159 e. The number of aryl methyl sites for hydroxylation is 1. The molecule has 0 amide bonds. The van der Waals surface area contributed by atoms with Gasteiger partial charge >= 0.3 is 0 Å². The first-order valence-electron chi connectivity index (χ1n) is 12.3. The normalized spacial score (nSPS) is 14.3. The van der Waals surface area contributed by atoms with Crippen molar-refractivity contribution in [2.75, 3.05) is 42.1 Å². The van der Waals surface area contributed by atoms with Crippen molar-refractivity contribution in [3.05, 3.63) is 108 Å². The second kappa shape index (κ2) is 10.6. The number of hydrogen-bond donors (Lipinski definition) is 2. The summed E-state index contributed by atoms with van der Waals surface area (Å²) in [6, 6.07) is 30.1. The van der Waals surface area contributed by atoms with E-state index in [2.05, 4.69) is 117 Å². The molecule has 6 nitrogen and oxygen atoms in total. The first-order valence-corrected chi connectivity index (χ1v) is 12.3. The van der Waals surface area contributed by atoms with Crippen LogP contribution >= 0.6 is 0 Å². The number of benzene rings is 3. The molecule has 3 aromatic carbocycles. The van der Waals surface area contributed by atoms with Crippen molar-refractivity contribution >= 4 is 23.0 Å². The maximum atomic E-state index is 6.55. The van der Waals surface area contributed by atoms with Gasteiger partial charge in [-0.1, -0.05) is 79.7 Å². The van der Waals surface area contributed by atoms with E-state index in [0.29, 0.717) is 11.5 Å². The van der Waals surface area contributed by atoms with Gasteiger partial charge in [-0.2, -0.15) is 0 Å². The van der Waals surface area contributed by atoms with Gasteiger partial charge in [0.25, 0.3) is 0 Å². The predicted molar refractivity (Wildman–Crippen MR) is 144 cm³/mol. The van der Waals surface area contributed by atoms with E-state index in [1.54, 1.807) is 6.33 Å². The van der Waals surface area contributed by atoms with Gasteiger partial charge in [0.1, 0.15) is 12.0 Å².